The van der Waals surface area contributed by atoms with Crippen LogP contribution < -0.4 is 4.90 Å². The van der Waals surface area contributed by atoms with Gasteiger partial charge >= 0.3 is 0 Å². The van der Waals surface area contributed by atoms with Gasteiger partial charge in [-0.05, 0) is 23.8 Å². The number of hydrogen-bond acceptors (Lipinski definition) is 4. The molecule has 1 saturated heterocycles. The third-order valence-corrected chi connectivity index (χ3v) is 4.64. The molecule has 27 heavy (non-hydrogen) atoms. The minimum absolute atomic E-state index is 0.0502. The topological polar surface area (TPSA) is 54.3 Å². The van der Waals surface area contributed by atoms with Crippen LogP contribution in [0.25, 0.3) is 11.9 Å². The second-order valence-corrected chi connectivity index (χ2v) is 6.38. The number of carbonyl (C=O) groups is 1. The van der Waals surface area contributed by atoms with Gasteiger partial charge in [-0.1, -0.05) is 30.3 Å². The molecule has 1 aliphatic heterocycles. The van der Waals surface area contributed by atoms with Gasteiger partial charge in [0.1, 0.15) is 18.0 Å². The summed E-state index contributed by atoms with van der Waals surface area (Å²) in [5.74, 6) is 1.78. The normalized spacial score (nSPS) is 14.7. The zero-order valence-corrected chi connectivity index (χ0v) is 15.0. The van der Waals surface area contributed by atoms with E-state index in [1.54, 1.807) is 12.4 Å². The molecule has 0 spiro atoms. The van der Waals surface area contributed by atoms with Crippen LogP contribution in [-0.2, 0) is 4.79 Å². The fraction of sp³-hybridized carbons (Fsp3) is 0.190. The SMILES string of the molecule is O=C(/C=C/c1ccccc1)N1CCN(c2cc(-n3cccc3)ncn2)CC1. The number of hydrogen-bond donors (Lipinski definition) is 0. The van der Waals surface area contributed by atoms with Crippen molar-refractivity contribution in [3.63, 3.8) is 0 Å². The largest absolute Gasteiger partial charge is 0.353 e. The van der Waals surface area contributed by atoms with Crippen LogP contribution in [0.15, 0.2) is 73.3 Å². The molecule has 1 aromatic carbocycles. The highest BCUT2D eigenvalue weighted by Crippen LogP contribution is 2.16. The Morgan fingerprint density at radius 2 is 1.59 bits per heavy atom. The highest BCUT2D eigenvalue weighted by molar-refractivity contribution is 5.91. The Bertz CT molecular complexity index is 913. The molecule has 0 aliphatic carbocycles. The number of piperazine rings is 1. The summed E-state index contributed by atoms with van der Waals surface area (Å²) < 4.78 is 1.96. The lowest BCUT2D eigenvalue weighted by molar-refractivity contribution is -0.126. The molecule has 1 aliphatic rings. The van der Waals surface area contributed by atoms with Crippen molar-refractivity contribution < 1.29 is 4.79 Å². The standard InChI is InChI=1S/C21H21N5O/c27-21(9-8-18-6-2-1-3-7-18)26-14-12-25(13-15-26)20-16-19(22-17-23-20)24-10-4-5-11-24/h1-11,16-17H,12-15H2/b9-8+. The van der Waals surface area contributed by atoms with Crippen molar-refractivity contribution in [1.82, 2.24) is 19.4 Å². The molecule has 136 valence electrons. The number of nitrogens with zero attached hydrogens (tertiary/aromatic N) is 5. The van der Waals surface area contributed by atoms with Crippen LogP contribution in [0.5, 0.6) is 0 Å². The summed E-state index contributed by atoms with van der Waals surface area (Å²) in [6.07, 6.45) is 9.02. The van der Waals surface area contributed by atoms with E-state index in [1.165, 1.54) is 0 Å². The van der Waals surface area contributed by atoms with E-state index < -0.39 is 0 Å². The summed E-state index contributed by atoms with van der Waals surface area (Å²) >= 11 is 0. The van der Waals surface area contributed by atoms with Gasteiger partial charge in [0.2, 0.25) is 5.91 Å². The molecule has 3 heterocycles. The molecule has 6 heteroatoms. The minimum atomic E-state index is 0.0502. The van der Waals surface area contributed by atoms with Crippen LogP contribution in [0, 0.1) is 0 Å². The highest BCUT2D eigenvalue weighted by atomic mass is 16.2. The van der Waals surface area contributed by atoms with Crippen molar-refractivity contribution >= 4 is 17.8 Å². The van der Waals surface area contributed by atoms with Gasteiger partial charge in [-0.25, -0.2) is 9.97 Å². The number of anilines is 1. The zero-order chi connectivity index (χ0) is 18.5. The lowest BCUT2D eigenvalue weighted by Gasteiger charge is -2.35. The highest BCUT2D eigenvalue weighted by Gasteiger charge is 2.21. The Balaban J connectivity index is 1.37. The maximum Gasteiger partial charge on any atom is 0.246 e. The van der Waals surface area contributed by atoms with E-state index in [4.69, 9.17) is 0 Å². The van der Waals surface area contributed by atoms with E-state index >= 15 is 0 Å². The van der Waals surface area contributed by atoms with Crippen LogP contribution in [0.3, 0.4) is 0 Å². The van der Waals surface area contributed by atoms with Crippen LogP contribution in [0.2, 0.25) is 0 Å². The monoisotopic (exact) mass is 359 g/mol. The molecular formula is C21H21N5O. The Morgan fingerprint density at radius 1 is 0.889 bits per heavy atom. The molecule has 0 bridgehead atoms. The third-order valence-electron chi connectivity index (χ3n) is 4.64. The molecular weight excluding hydrogens is 338 g/mol. The summed E-state index contributed by atoms with van der Waals surface area (Å²) in [4.78, 5) is 25.2. The minimum Gasteiger partial charge on any atom is -0.353 e. The molecule has 3 aromatic rings. The van der Waals surface area contributed by atoms with E-state index in [2.05, 4.69) is 14.9 Å². The van der Waals surface area contributed by atoms with Crippen LogP contribution in [0.1, 0.15) is 5.56 Å². The molecule has 0 saturated carbocycles. The van der Waals surface area contributed by atoms with Gasteiger partial charge in [-0.3, -0.25) is 4.79 Å². The predicted octanol–water partition coefficient (Wildman–Crippen LogP) is 2.63. The summed E-state index contributed by atoms with van der Waals surface area (Å²) in [6, 6.07) is 15.8. The lowest BCUT2D eigenvalue weighted by atomic mass is 10.2. The van der Waals surface area contributed by atoms with Gasteiger partial charge in [0.05, 0.1) is 0 Å². The van der Waals surface area contributed by atoms with Gasteiger partial charge in [-0.2, -0.15) is 0 Å². The maximum absolute atomic E-state index is 12.4. The van der Waals surface area contributed by atoms with Gasteiger partial charge in [0.15, 0.2) is 0 Å². The molecule has 1 amide bonds. The van der Waals surface area contributed by atoms with Gasteiger partial charge in [0, 0.05) is 50.7 Å². The predicted molar refractivity (Wildman–Crippen MR) is 106 cm³/mol. The Labute approximate surface area is 158 Å². The van der Waals surface area contributed by atoms with E-state index in [0.29, 0.717) is 13.1 Å². The van der Waals surface area contributed by atoms with Crippen LogP contribution in [0.4, 0.5) is 5.82 Å². The lowest BCUT2D eigenvalue weighted by Crippen LogP contribution is -2.48. The molecule has 6 nitrogen and oxygen atoms in total. The van der Waals surface area contributed by atoms with Crippen molar-refractivity contribution in [3.8, 4) is 5.82 Å². The van der Waals surface area contributed by atoms with Gasteiger partial charge in [0.25, 0.3) is 0 Å². The molecule has 0 N–H and O–H groups in total. The first-order chi connectivity index (χ1) is 13.3. The van der Waals surface area contributed by atoms with Crippen molar-refractivity contribution in [2.24, 2.45) is 0 Å². The van der Waals surface area contributed by atoms with Crippen molar-refractivity contribution in [2.45, 2.75) is 0 Å². The smallest absolute Gasteiger partial charge is 0.246 e. The summed E-state index contributed by atoms with van der Waals surface area (Å²) in [6.45, 7) is 2.88. The molecule has 1 fully saturated rings. The van der Waals surface area contributed by atoms with E-state index in [1.807, 2.05) is 76.5 Å². The molecule has 0 unspecified atom stereocenters. The number of aromatic nitrogens is 3. The molecule has 2 aromatic heterocycles. The van der Waals surface area contributed by atoms with Crippen molar-refractivity contribution in [3.05, 3.63) is 78.9 Å². The Kier molecular flexibility index (Phi) is 4.96. The molecule has 0 radical (unpaired) electrons. The van der Waals surface area contributed by atoms with E-state index in [-0.39, 0.29) is 5.91 Å². The number of benzene rings is 1. The van der Waals surface area contributed by atoms with E-state index in [9.17, 15) is 4.79 Å². The quantitative estimate of drug-likeness (QED) is 0.672. The summed E-state index contributed by atoms with van der Waals surface area (Å²) in [5.41, 5.74) is 1.03. The maximum atomic E-state index is 12.4. The second kappa shape index (κ2) is 7.86. The number of rotatable bonds is 4. The second-order valence-electron chi connectivity index (χ2n) is 6.38. The third kappa shape index (κ3) is 4.06. The van der Waals surface area contributed by atoms with Crippen LogP contribution in [-0.4, -0.2) is 51.5 Å². The number of carbonyl (C=O) groups excluding carboxylic acids is 1. The fourth-order valence-electron chi connectivity index (χ4n) is 3.13. The summed E-state index contributed by atoms with van der Waals surface area (Å²) in [5, 5.41) is 0. The van der Waals surface area contributed by atoms with Gasteiger partial charge in [-0.15, -0.1) is 0 Å². The average molecular weight is 359 g/mol. The van der Waals surface area contributed by atoms with Crippen molar-refractivity contribution in [1.29, 1.82) is 0 Å². The van der Waals surface area contributed by atoms with Crippen LogP contribution >= 0.6 is 0 Å². The summed E-state index contributed by atoms with van der Waals surface area (Å²) in [7, 11) is 0. The van der Waals surface area contributed by atoms with Crippen molar-refractivity contribution in [2.75, 3.05) is 31.1 Å². The average Bonchev–Trinajstić information content (AvgIpc) is 3.28. The first-order valence-electron chi connectivity index (χ1n) is 9.02. The fourth-order valence-corrected chi connectivity index (χ4v) is 3.13. The molecule has 0 atom stereocenters. The molecule has 4 rings (SSSR count). The first kappa shape index (κ1) is 17.0. The Morgan fingerprint density at radius 3 is 2.33 bits per heavy atom. The van der Waals surface area contributed by atoms with Gasteiger partial charge < -0.3 is 14.4 Å². The number of amides is 1. The first-order valence-corrected chi connectivity index (χ1v) is 9.02. The Hall–Kier alpha value is -3.41. The van der Waals surface area contributed by atoms with E-state index in [0.717, 1.165) is 30.3 Å². The zero-order valence-electron chi connectivity index (χ0n) is 15.0.